The molecule has 6 heteroatoms. The van der Waals surface area contributed by atoms with Gasteiger partial charge in [-0.05, 0) is 45.1 Å². The second kappa shape index (κ2) is 6.68. The van der Waals surface area contributed by atoms with Gasteiger partial charge in [-0.25, -0.2) is 4.39 Å². The number of hydrogen-bond acceptors (Lipinski definition) is 4. The van der Waals surface area contributed by atoms with Crippen molar-refractivity contribution in [3.05, 3.63) is 50.9 Å². The number of thiophene rings is 1. The van der Waals surface area contributed by atoms with Crippen LogP contribution >= 0.6 is 39.0 Å². The molecule has 1 heterocycles. The van der Waals surface area contributed by atoms with Crippen LogP contribution in [0.4, 0.5) is 4.39 Å². The zero-order valence-corrected chi connectivity index (χ0v) is 12.6. The van der Waals surface area contributed by atoms with Gasteiger partial charge in [0, 0.05) is 20.5 Å². The first-order valence-electron chi connectivity index (χ1n) is 5.27. The molecule has 0 aliphatic rings. The number of nitrogens with one attached hydrogen (secondary N) is 1. The minimum Gasteiger partial charge on any atom is -0.271 e. The molecule has 18 heavy (non-hydrogen) atoms. The maximum atomic E-state index is 13.1. The molecule has 2 aromatic rings. The molecular weight excluding hydrogens is 335 g/mol. The fraction of sp³-hybridized carbons (Fsp3) is 0.167. The highest BCUT2D eigenvalue weighted by Gasteiger charge is 2.14. The normalized spacial score (nSPS) is 12.6. The summed E-state index contributed by atoms with van der Waals surface area (Å²) in [4.78, 5) is 0.904. The molecule has 1 aromatic heterocycles. The average molecular weight is 347 g/mol. The smallest absolute Gasteiger partial charge is 0.124 e. The van der Waals surface area contributed by atoms with E-state index in [1.165, 1.54) is 12.1 Å². The van der Waals surface area contributed by atoms with E-state index in [0.29, 0.717) is 0 Å². The van der Waals surface area contributed by atoms with E-state index in [-0.39, 0.29) is 11.9 Å². The van der Waals surface area contributed by atoms with Crippen LogP contribution < -0.4 is 11.3 Å². The van der Waals surface area contributed by atoms with Crippen molar-refractivity contribution < 1.29 is 4.39 Å². The highest BCUT2D eigenvalue weighted by Crippen LogP contribution is 2.31. The lowest BCUT2D eigenvalue weighted by Crippen LogP contribution is -2.29. The van der Waals surface area contributed by atoms with Crippen molar-refractivity contribution in [2.45, 2.75) is 10.9 Å². The first-order chi connectivity index (χ1) is 8.70. The van der Waals surface area contributed by atoms with E-state index < -0.39 is 0 Å². The Labute approximate surface area is 122 Å². The van der Waals surface area contributed by atoms with E-state index in [4.69, 9.17) is 5.84 Å². The molecule has 0 saturated heterocycles. The van der Waals surface area contributed by atoms with Gasteiger partial charge >= 0.3 is 0 Å². The number of hydrogen-bond donors (Lipinski definition) is 2. The Morgan fingerprint density at radius 3 is 2.89 bits per heavy atom. The van der Waals surface area contributed by atoms with Crippen LogP contribution in [0.3, 0.4) is 0 Å². The third kappa shape index (κ3) is 3.55. The van der Waals surface area contributed by atoms with Crippen LogP contribution in [0.25, 0.3) is 0 Å². The van der Waals surface area contributed by atoms with Crippen LogP contribution in [0.1, 0.15) is 11.6 Å². The largest absolute Gasteiger partial charge is 0.271 e. The van der Waals surface area contributed by atoms with Crippen LogP contribution in [-0.4, -0.2) is 5.75 Å². The highest BCUT2D eigenvalue weighted by atomic mass is 79.9. The molecule has 0 fully saturated rings. The van der Waals surface area contributed by atoms with E-state index in [1.54, 1.807) is 29.2 Å². The number of thioether (sulfide) groups is 1. The Hall–Kier alpha value is -0.400. The van der Waals surface area contributed by atoms with Gasteiger partial charge in [-0.15, -0.1) is 11.8 Å². The second-order valence-electron chi connectivity index (χ2n) is 3.66. The van der Waals surface area contributed by atoms with Crippen molar-refractivity contribution in [2.24, 2.45) is 5.84 Å². The van der Waals surface area contributed by atoms with Gasteiger partial charge in [0.25, 0.3) is 0 Å². The van der Waals surface area contributed by atoms with Crippen molar-refractivity contribution in [3.8, 4) is 0 Å². The van der Waals surface area contributed by atoms with Crippen molar-refractivity contribution in [1.29, 1.82) is 0 Å². The quantitative estimate of drug-likeness (QED) is 0.489. The first kappa shape index (κ1) is 14.0. The van der Waals surface area contributed by atoms with Gasteiger partial charge in [-0.3, -0.25) is 11.3 Å². The molecule has 3 N–H and O–H groups in total. The van der Waals surface area contributed by atoms with Gasteiger partial charge in [-0.1, -0.05) is 6.07 Å². The summed E-state index contributed by atoms with van der Waals surface area (Å²) in [5.74, 6) is 6.10. The average Bonchev–Trinajstić information content (AvgIpc) is 2.77. The number of rotatable bonds is 5. The van der Waals surface area contributed by atoms with Gasteiger partial charge in [0.15, 0.2) is 0 Å². The van der Waals surface area contributed by atoms with Gasteiger partial charge in [0.1, 0.15) is 5.82 Å². The van der Waals surface area contributed by atoms with Crippen LogP contribution in [0, 0.1) is 5.82 Å². The van der Waals surface area contributed by atoms with Gasteiger partial charge < -0.3 is 0 Å². The van der Waals surface area contributed by atoms with Gasteiger partial charge in [0.2, 0.25) is 0 Å². The van der Waals surface area contributed by atoms with E-state index in [0.717, 1.165) is 20.7 Å². The lowest BCUT2D eigenvalue weighted by Gasteiger charge is -2.15. The molecule has 0 bridgehead atoms. The van der Waals surface area contributed by atoms with Gasteiger partial charge in [0.05, 0.1) is 6.04 Å². The zero-order valence-electron chi connectivity index (χ0n) is 9.40. The van der Waals surface area contributed by atoms with E-state index in [1.807, 2.05) is 11.4 Å². The van der Waals surface area contributed by atoms with Crippen molar-refractivity contribution in [2.75, 3.05) is 5.75 Å². The minimum atomic E-state index is -0.214. The maximum Gasteiger partial charge on any atom is 0.124 e. The van der Waals surface area contributed by atoms with Crippen LogP contribution in [0.2, 0.25) is 0 Å². The number of hydrazine groups is 1. The lowest BCUT2D eigenvalue weighted by molar-refractivity contribution is 0.610. The summed E-state index contributed by atoms with van der Waals surface area (Å²) in [7, 11) is 0. The standard InChI is InChI=1S/C12H12BrFN2S2/c13-11-6-17-5-10(11)12(16-15)7-18-9-3-1-2-8(14)4-9/h1-6,12,16H,7,15H2. The number of nitrogens with two attached hydrogens (primary N) is 1. The molecule has 1 unspecified atom stereocenters. The molecule has 0 aliphatic heterocycles. The Balaban J connectivity index is 2.02. The molecule has 0 saturated carbocycles. The molecule has 0 amide bonds. The third-order valence-electron chi connectivity index (χ3n) is 2.43. The molecule has 1 atom stereocenters. The molecular formula is C12H12BrFN2S2. The SMILES string of the molecule is NNC(CSc1cccc(F)c1)c1cscc1Br. The van der Waals surface area contributed by atoms with E-state index >= 15 is 0 Å². The lowest BCUT2D eigenvalue weighted by atomic mass is 10.2. The van der Waals surface area contributed by atoms with Crippen LogP contribution in [0.15, 0.2) is 44.4 Å². The third-order valence-corrected chi connectivity index (χ3v) is 5.27. The number of halogens is 2. The van der Waals surface area contributed by atoms with Crippen LogP contribution in [-0.2, 0) is 0 Å². The molecule has 0 spiro atoms. The molecule has 2 nitrogen and oxygen atoms in total. The zero-order chi connectivity index (χ0) is 13.0. The Bertz CT molecular complexity index is 518. The summed E-state index contributed by atoms with van der Waals surface area (Å²) in [6.45, 7) is 0. The van der Waals surface area contributed by atoms with E-state index in [9.17, 15) is 4.39 Å². The Kier molecular flexibility index (Phi) is 5.20. The fourth-order valence-corrected chi connectivity index (χ4v) is 4.14. The topological polar surface area (TPSA) is 38.0 Å². The first-order valence-corrected chi connectivity index (χ1v) is 7.99. The summed E-state index contributed by atoms with van der Waals surface area (Å²) >= 11 is 6.69. The van der Waals surface area contributed by atoms with E-state index in [2.05, 4.69) is 26.7 Å². The predicted octanol–water partition coefficient (Wildman–Crippen LogP) is 3.95. The fourth-order valence-electron chi connectivity index (χ4n) is 1.50. The summed E-state index contributed by atoms with van der Waals surface area (Å²) < 4.78 is 14.1. The molecule has 0 radical (unpaired) electrons. The predicted molar refractivity (Wildman–Crippen MR) is 79.2 cm³/mol. The maximum absolute atomic E-state index is 13.1. The monoisotopic (exact) mass is 346 g/mol. The summed E-state index contributed by atoms with van der Waals surface area (Å²) in [5, 5.41) is 4.08. The number of benzene rings is 1. The van der Waals surface area contributed by atoms with Gasteiger partial charge in [-0.2, -0.15) is 11.3 Å². The van der Waals surface area contributed by atoms with Crippen molar-refractivity contribution in [1.82, 2.24) is 5.43 Å². The summed E-state index contributed by atoms with van der Waals surface area (Å²) in [5.41, 5.74) is 3.92. The molecule has 2 rings (SSSR count). The van der Waals surface area contributed by atoms with Crippen molar-refractivity contribution >= 4 is 39.0 Å². The minimum absolute atomic E-state index is 0.0406. The summed E-state index contributed by atoms with van der Waals surface area (Å²) in [6, 6.07) is 6.62. The molecule has 0 aliphatic carbocycles. The second-order valence-corrected chi connectivity index (χ2v) is 6.35. The Morgan fingerprint density at radius 2 is 2.28 bits per heavy atom. The van der Waals surface area contributed by atoms with Crippen molar-refractivity contribution in [3.63, 3.8) is 0 Å². The Morgan fingerprint density at radius 1 is 1.44 bits per heavy atom. The molecule has 1 aromatic carbocycles. The highest BCUT2D eigenvalue weighted by molar-refractivity contribution is 9.10. The summed E-state index contributed by atoms with van der Waals surface area (Å²) in [6.07, 6.45) is 0. The molecule has 96 valence electrons. The van der Waals surface area contributed by atoms with Crippen LogP contribution in [0.5, 0.6) is 0 Å².